The molecule has 1 heterocycles. The van der Waals surface area contributed by atoms with Gasteiger partial charge in [-0.2, -0.15) is 10.1 Å². The molecule has 0 amide bonds. The molecule has 8 heteroatoms. The molecule has 25 heavy (non-hydrogen) atoms. The van der Waals surface area contributed by atoms with Gasteiger partial charge in [0, 0.05) is 16.6 Å². The second-order valence-electron chi connectivity index (χ2n) is 5.18. The molecule has 2 N–H and O–H groups in total. The van der Waals surface area contributed by atoms with Crippen LogP contribution in [0.2, 0.25) is 15.1 Å². The molecule has 3 rings (SSSR count). The quantitative estimate of drug-likeness (QED) is 0.599. The summed E-state index contributed by atoms with van der Waals surface area (Å²) in [5.74, 6) is 0.970. The predicted octanol–water partition coefficient (Wildman–Crippen LogP) is 5.23. The summed E-state index contributed by atoms with van der Waals surface area (Å²) in [5.41, 5.74) is 1.75. The first-order valence-corrected chi connectivity index (χ1v) is 8.64. The summed E-state index contributed by atoms with van der Waals surface area (Å²) < 4.78 is 0. The second-order valence-corrected chi connectivity index (χ2v) is 6.43. The minimum Gasteiger partial charge on any atom is -0.353 e. The minimum atomic E-state index is 0.419. The van der Waals surface area contributed by atoms with Crippen LogP contribution < -0.4 is 10.6 Å². The summed E-state index contributed by atoms with van der Waals surface area (Å²) >= 11 is 18.2. The number of nitrogens with one attached hydrogen (secondary N) is 2. The third-order valence-corrected chi connectivity index (χ3v) is 4.30. The van der Waals surface area contributed by atoms with Crippen molar-refractivity contribution in [3.63, 3.8) is 0 Å². The molecule has 0 aliphatic heterocycles. The first-order chi connectivity index (χ1) is 12.1. The molecule has 0 aliphatic carbocycles. The smallest absolute Gasteiger partial charge is 0.244 e. The molecular weight excluding hydrogens is 381 g/mol. The highest BCUT2D eigenvalue weighted by Crippen LogP contribution is 2.24. The summed E-state index contributed by atoms with van der Waals surface area (Å²) in [6, 6.07) is 12.9. The van der Waals surface area contributed by atoms with Crippen molar-refractivity contribution in [2.45, 2.75) is 6.42 Å². The Morgan fingerprint density at radius 1 is 0.960 bits per heavy atom. The van der Waals surface area contributed by atoms with Crippen LogP contribution in [0.1, 0.15) is 5.56 Å². The lowest BCUT2D eigenvalue weighted by atomic mass is 10.1. The molecule has 5 nitrogen and oxygen atoms in total. The van der Waals surface area contributed by atoms with Crippen LogP contribution in [0.15, 0.2) is 48.7 Å². The van der Waals surface area contributed by atoms with Gasteiger partial charge in [0.05, 0.1) is 16.9 Å². The zero-order chi connectivity index (χ0) is 17.6. The molecule has 0 saturated carbocycles. The van der Waals surface area contributed by atoms with Gasteiger partial charge in [0.1, 0.15) is 0 Å². The first-order valence-electron chi connectivity index (χ1n) is 7.51. The van der Waals surface area contributed by atoms with Crippen molar-refractivity contribution in [1.29, 1.82) is 0 Å². The molecule has 1 aromatic heterocycles. The zero-order valence-electron chi connectivity index (χ0n) is 13.0. The molecule has 0 bridgehead atoms. The Labute approximate surface area is 160 Å². The minimum absolute atomic E-state index is 0.419. The number of benzene rings is 2. The van der Waals surface area contributed by atoms with E-state index < -0.39 is 0 Å². The van der Waals surface area contributed by atoms with Crippen LogP contribution in [0, 0.1) is 0 Å². The molecule has 0 fully saturated rings. The maximum absolute atomic E-state index is 6.16. The highest BCUT2D eigenvalue weighted by Gasteiger charge is 2.05. The van der Waals surface area contributed by atoms with Crippen molar-refractivity contribution >= 4 is 52.3 Å². The largest absolute Gasteiger partial charge is 0.353 e. The van der Waals surface area contributed by atoms with Crippen molar-refractivity contribution in [2.24, 2.45) is 0 Å². The molecular formula is C17H14Cl3N5. The van der Waals surface area contributed by atoms with E-state index in [-0.39, 0.29) is 0 Å². The molecule has 3 aromatic rings. The summed E-state index contributed by atoms with van der Waals surface area (Å²) in [4.78, 5) is 4.37. The Hall–Kier alpha value is -2.08. The Kier molecular flexibility index (Phi) is 5.91. The highest BCUT2D eigenvalue weighted by molar-refractivity contribution is 6.35. The van der Waals surface area contributed by atoms with Crippen LogP contribution in [-0.4, -0.2) is 21.7 Å². The van der Waals surface area contributed by atoms with E-state index in [1.54, 1.807) is 12.1 Å². The molecule has 2 aromatic carbocycles. The average molecular weight is 395 g/mol. The van der Waals surface area contributed by atoms with E-state index >= 15 is 0 Å². The number of rotatable bonds is 6. The van der Waals surface area contributed by atoms with Gasteiger partial charge in [0.15, 0.2) is 5.82 Å². The van der Waals surface area contributed by atoms with Gasteiger partial charge in [0.2, 0.25) is 5.95 Å². The average Bonchev–Trinajstić information content (AvgIpc) is 2.59. The van der Waals surface area contributed by atoms with Crippen molar-refractivity contribution in [3.05, 3.63) is 69.3 Å². The van der Waals surface area contributed by atoms with Gasteiger partial charge in [-0.25, -0.2) is 0 Å². The maximum Gasteiger partial charge on any atom is 0.244 e. The topological polar surface area (TPSA) is 62.7 Å². The second kappa shape index (κ2) is 8.34. The predicted molar refractivity (Wildman–Crippen MR) is 103 cm³/mol. The molecule has 0 radical (unpaired) electrons. The monoisotopic (exact) mass is 393 g/mol. The van der Waals surface area contributed by atoms with E-state index in [4.69, 9.17) is 34.8 Å². The Morgan fingerprint density at radius 2 is 1.80 bits per heavy atom. The van der Waals surface area contributed by atoms with Gasteiger partial charge in [-0.1, -0.05) is 53.0 Å². The summed E-state index contributed by atoms with van der Waals surface area (Å²) in [7, 11) is 0. The normalized spacial score (nSPS) is 10.5. The van der Waals surface area contributed by atoms with Gasteiger partial charge in [-0.05, 0) is 36.2 Å². The summed E-state index contributed by atoms with van der Waals surface area (Å²) in [5, 5.41) is 16.0. The van der Waals surface area contributed by atoms with Crippen LogP contribution in [0.25, 0.3) is 0 Å². The number of hydrogen-bond donors (Lipinski definition) is 2. The van der Waals surface area contributed by atoms with Crippen LogP contribution in [-0.2, 0) is 6.42 Å². The SMILES string of the molecule is Clc1ccc(CCNc2nncc(Nc3ccccc3Cl)n2)c(Cl)c1. The third kappa shape index (κ3) is 4.95. The van der Waals surface area contributed by atoms with Crippen LogP contribution in [0.3, 0.4) is 0 Å². The summed E-state index contributed by atoms with van der Waals surface area (Å²) in [6.45, 7) is 0.610. The van der Waals surface area contributed by atoms with E-state index in [2.05, 4.69) is 25.8 Å². The standard InChI is InChI=1S/C17H14Cl3N5/c18-12-6-5-11(14(20)9-12)7-8-21-17-24-16(10-22-25-17)23-15-4-2-1-3-13(15)19/h1-6,9-10H,7-8H2,(H2,21,23,24,25). The van der Waals surface area contributed by atoms with E-state index in [0.29, 0.717) is 39.8 Å². The number of hydrogen-bond acceptors (Lipinski definition) is 5. The molecule has 0 unspecified atom stereocenters. The van der Waals surface area contributed by atoms with Crippen molar-refractivity contribution in [2.75, 3.05) is 17.2 Å². The van der Waals surface area contributed by atoms with Gasteiger partial charge in [-0.15, -0.1) is 5.10 Å². The lowest BCUT2D eigenvalue weighted by molar-refractivity contribution is 0.929. The number of nitrogens with zero attached hydrogens (tertiary/aromatic N) is 3. The number of anilines is 3. The van der Waals surface area contributed by atoms with Gasteiger partial charge >= 0.3 is 0 Å². The molecule has 0 saturated heterocycles. The van der Waals surface area contributed by atoms with E-state index in [1.165, 1.54) is 6.20 Å². The fraction of sp³-hybridized carbons (Fsp3) is 0.118. The first kappa shape index (κ1) is 17.7. The van der Waals surface area contributed by atoms with Gasteiger partial charge in [-0.3, -0.25) is 0 Å². The molecule has 0 spiro atoms. The third-order valence-electron chi connectivity index (χ3n) is 3.39. The highest BCUT2D eigenvalue weighted by atomic mass is 35.5. The van der Waals surface area contributed by atoms with E-state index in [9.17, 15) is 0 Å². The fourth-order valence-corrected chi connectivity index (χ4v) is 2.86. The maximum atomic E-state index is 6.16. The van der Waals surface area contributed by atoms with Crippen molar-refractivity contribution in [1.82, 2.24) is 15.2 Å². The lowest BCUT2D eigenvalue weighted by Crippen LogP contribution is -2.10. The number of halogens is 3. The lowest BCUT2D eigenvalue weighted by Gasteiger charge is -2.09. The van der Waals surface area contributed by atoms with Crippen molar-refractivity contribution in [3.8, 4) is 0 Å². The fourth-order valence-electron chi connectivity index (χ4n) is 2.17. The Bertz CT molecular complexity index is 872. The number of aromatic nitrogens is 3. The van der Waals surface area contributed by atoms with Gasteiger partial charge in [0.25, 0.3) is 0 Å². The summed E-state index contributed by atoms with van der Waals surface area (Å²) in [6.07, 6.45) is 2.24. The van der Waals surface area contributed by atoms with Gasteiger partial charge < -0.3 is 10.6 Å². The Balaban J connectivity index is 1.61. The van der Waals surface area contributed by atoms with E-state index in [1.807, 2.05) is 30.3 Å². The molecule has 128 valence electrons. The van der Waals surface area contributed by atoms with Crippen molar-refractivity contribution < 1.29 is 0 Å². The van der Waals surface area contributed by atoms with Crippen LogP contribution in [0.5, 0.6) is 0 Å². The Morgan fingerprint density at radius 3 is 2.60 bits per heavy atom. The van der Waals surface area contributed by atoms with E-state index in [0.717, 1.165) is 11.3 Å². The van der Waals surface area contributed by atoms with Crippen LogP contribution >= 0.6 is 34.8 Å². The molecule has 0 aliphatic rings. The molecule has 0 atom stereocenters. The number of para-hydroxylation sites is 1. The zero-order valence-corrected chi connectivity index (χ0v) is 15.3. The van der Waals surface area contributed by atoms with Crippen LogP contribution in [0.4, 0.5) is 17.5 Å².